The minimum absolute atomic E-state index is 0.871. The Hall–Kier alpha value is -1.24. The first-order valence-electron chi connectivity index (χ1n) is 5.97. The fourth-order valence-corrected chi connectivity index (χ4v) is 2.23. The van der Waals surface area contributed by atoms with Gasteiger partial charge in [0.15, 0.2) is 0 Å². The van der Waals surface area contributed by atoms with Crippen LogP contribution in [0.1, 0.15) is 37.2 Å². The van der Waals surface area contributed by atoms with E-state index >= 15 is 0 Å². The summed E-state index contributed by atoms with van der Waals surface area (Å²) < 4.78 is 0. The highest BCUT2D eigenvalue weighted by atomic mass is 15.1. The summed E-state index contributed by atoms with van der Waals surface area (Å²) in [5.41, 5.74) is 2.87. The van der Waals surface area contributed by atoms with E-state index in [2.05, 4.69) is 41.4 Å². The van der Waals surface area contributed by atoms with Gasteiger partial charge in [0, 0.05) is 18.4 Å². The third-order valence-corrected chi connectivity index (χ3v) is 3.33. The lowest BCUT2D eigenvalue weighted by atomic mass is 10.1. The summed E-state index contributed by atoms with van der Waals surface area (Å²) in [7, 11) is 0. The minimum atomic E-state index is 0.871. The van der Waals surface area contributed by atoms with E-state index in [1.54, 1.807) is 0 Å². The molecule has 0 amide bonds. The maximum absolute atomic E-state index is 2.35. The van der Waals surface area contributed by atoms with Gasteiger partial charge in [-0.3, -0.25) is 0 Å². The molecular weight excluding hydrogens is 182 g/mol. The molecule has 1 aromatic carbocycles. The quantitative estimate of drug-likeness (QED) is 0.702. The highest BCUT2D eigenvalue weighted by Crippen LogP contribution is 2.40. The Balaban J connectivity index is 1.79. The molecule has 0 radical (unpaired) electrons. The number of hydrogen-bond acceptors (Lipinski definition) is 1. The van der Waals surface area contributed by atoms with Crippen molar-refractivity contribution in [3.63, 3.8) is 0 Å². The van der Waals surface area contributed by atoms with Gasteiger partial charge in [-0.1, -0.05) is 18.2 Å². The Morgan fingerprint density at radius 1 is 1.07 bits per heavy atom. The molecular formula is C14H17N. The predicted molar refractivity (Wildman–Crippen MR) is 64.1 cm³/mol. The standard InChI is InChI=1S/C14H17N/c1-2-10-15(11-3-1)14-8-6-13(7-9-14)12-4-5-12/h2,6-10,12H,1,3-5,11H2. The summed E-state index contributed by atoms with van der Waals surface area (Å²) in [4.78, 5) is 2.35. The molecule has 15 heavy (non-hydrogen) atoms. The van der Waals surface area contributed by atoms with Gasteiger partial charge in [0.2, 0.25) is 0 Å². The molecule has 0 bridgehead atoms. The van der Waals surface area contributed by atoms with E-state index in [1.165, 1.54) is 43.5 Å². The Bertz CT molecular complexity index is 359. The van der Waals surface area contributed by atoms with Crippen LogP contribution in [0.15, 0.2) is 36.5 Å². The number of hydrogen-bond donors (Lipinski definition) is 0. The second-order valence-electron chi connectivity index (χ2n) is 4.59. The summed E-state index contributed by atoms with van der Waals surface area (Å²) >= 11 is 0. The monoisotopic (exact) mass is 199 g/mol. The van der Waals surface area contributed by atoms with Crippen molar-refractivity contribution in [1.29, 1.82) is 0 Å². The summed E-state index contributed by atoms with van der Waals surface area (Å²) in [6.07, 6.45) is 9.78. The van der Waals surface area contributed by atoms with Crippen molar-refractivity contribution < 1.29 is 0 Å². The zero-order chi connectivity index (χ0) is 10.1. The number of benzene rings is 1. The molecule has 1 nitrogen and oxygen atoms in total. The molecule has 0 unspecified atom stereocenters. The zero-order valence-electron chi connectivity index (χ0n) is 9.02. The molecule has 3 rings (SSSR count). The van der Waals surface area contributed by atoms with Crippen LogP contribution in [0.2, 0.25) is 0 Å². The first-order chi connectivity index (χ1) is 7.43. The molecule has 0 spiro atoms. The Labute approximate surface area is 91.4 Å². The molecule has 1 aliphatic carbocycles. The van der Waals surface area contributed by atoms with Crippen molar-refractivity contribution >= 4 is 5.69 Å². The number of allylic oxidation sites excluding steroid dienone is 1. The lowest BCUT2D eigenvalue weighted by molar-refractivity contribution is 0.786. The van der Waals surface area contributed by atoms with Crippen molar-refractivity contribution in [3.8, 4) is 0 Å². The molecule has 1 saturated carbocycles. The normalized spacial score (nSPS) is 20.7. The Morgan fingerprint density at radius 3 is 2.47 bits per heavy atom. The summed E-state index contributed by atoms with van der Waals surface area (Å²) in [6, 6.07) is 9.14. The number of rotatable bonds is 2. The van der Waals surface area contributed by atoms with Crippen LogP contribution in [-0.2, 0) is 0 Å². The molecule has 1 fully saturated rings. The van der Waals surface area contributed by atoms with Crippen LogP contribution < -0.4 is 4.90 Å². The second kappa shape index (κ2) is 3.73. The zero-order valence-corrected chi connectivity index (χ0v) is 9.02. The highest BCUT2D eigenvalue weighted by molar-refractivity contribution is 5.51. The molecule has 0 saturated heterocycles. The fourth-order valence-electron chi connectivity index (χ4n) is 2.23. The van der Waals surface area contributed by atoms with Crippen LogP contribution in [0.3, 0.4) is 0 Å². The maximum atomic E-state index is 2.35. The maximum Gasteiger partial charge on any atom is 0.0406 e. The van der Waals surface area contributed by atoms with Gasteiger partial charge >= 0.3 is 0 Å². The molecule has 0 aromatic heterocycles. The van der Waals surface area contributed by atoms with Crippen molar-refractivity contribution in [3.05, 3.63) is 42.1 Å². The molecule has 1 heterocycles. The lowest BCUT2D eigenvalue weighted by Gasteiger charge is -2.23. The van der Waals surface area contributed by atoms with Gasteiger partial charge in [-0.2, -0.15) is 0 Å². The van der Waals surface area contributed by atoms with Crippen LogP contribution in [0, 0.1) is 0 Å². The molecule has 0 N–H and O–H groups in total. The third-order valence-electron chi connectivity index (χ3n) is 3.33. The lowest BCUT2D eigenvalue weighted by Crippen LogP contribution is -2.19. The molecule has 0 atom stereocenters. The van der Waals surface area contributed by atoms with Gasteiger partial charge in [-0.15, -0.1) is 0 Å². The topological polar surface area (TPSA) is 3.24 Å². The van der Waals surface area contributed by atoms with E-state index in [1.807, 2.05) is 0 Å². The molecule has 2 aliphatic rings. The SMILES string of the molecule is C1=CN(c2ccc(C3CC3)cc2)CCC1. The van der Waals surface area contributed by atoms with Gasteiger partial charge in [0.1, 0.15) is 0 Å². The van der Waals surface area contributed by atoms with Crippen LogP contribution in [-0.4, -0.2) is 6.54 Å². The predicted octanol–water partition coefficient (Wildman–Crippen LogP) is 3.68. The van der Waals surface area contributed by atoms with Crippen molar-refractivity contribution in [2.75, 3.05) is 11.4 Å². The van der Waals surface area contributed by atoms with Crippen LogP contribution in [0.4, 0.5) is 5.69 Å². The first-order valence-corrected chi connectivity index (χ1v) is 5.97. The Kier molecular flexibility index (Phi) is 2.24. The fraction of sp³-hybridized carbons (Fsp3) is 0.429. The largest absolute Gasteiger partial charge is 0.348 e. The van der Waals surface area contributed by atoms with E-state index < -0.39 is 0 Å². The number of nitrogens with zero attached hydrogens (tertiary/aromatic N) is 1. The van der Waals surface area contributed by atoms with E-state index in [0.29, 0.717) is 0 Å². The van der Waals surface area contributed by atoms with Crippen molar-refractivity contribution in [2.24, 2.45) is 0 Å². The smallest absolute Gasteiger partial charge is 0.0406 e. The Morgan fingerprint density at radius 2 is 1.87 bits per heavy atom. The van der Waals surface area contributed by atoms with Crippen LogP contribution >= 0.6 is 0 Å². The average molecular weight is 199 g/mol. The molecule has 1 heteroatoms. The van der Waals surface area contributed by atoms with Gasteiger partial charge < -0.3 is 4.90 Å². The highest BCUT2D eigenvalue weighted by Gasteiger charge is 2.23. The molecule has 78 valence electrons. The average Bonchev–Trinajstić information content (AvgIpc) is 3.15. The van der Waals surface area contributed by atoms with E-state index in [4.69, 9.17) is 0 Å². The summed E-state index contributed by atoms with van der Waals surface area (Å²) in [5.74, 6) is 0.871. The second-order valence-corrected chi connectivity index (χ2v) is 4.59. The third kappa shape index (κ3) is 1.92. The number of anilines is 1. The van der Waals surface area contributed by atoms with E-state index in [0.717, 1.165) is 5.92 Å². The first kappa shape index (κ1) is 9.02. The van der Waals surface area contributed by atoms with Crippen molar-refractivity contribution in [2.45, 2.75) is 31.6 Å². The van der Waals surface area contributed by atoms with Gasteiger partial charge in [-0.05, 0) is 49.3 Å². The van der Waals surface area contributed by atoms with Crippen LogP contribution in [0.25, 0.3) is 0 Å². The molecule has 1 aromatic rings. The van der Waals surface area contributed by atoms with E-state index in [9.17, 15) is 0 Å². The van der Waals surface area contributed by atoms with Gasteiger partial charge in [-0.25, -0.2) is 0 Å². The summed E-state index contributed by atoms with van der Waals surface area (Å²) in [6.45, 7) is 1.17. The molecule has 1 aliphatic heterocycles. The van der Waals surface area contributed by atoms with Gasteiger partial charge in [0.25, 0.3) is 0 Å². The van der Waals surface area contributed by atoms with Crippen molar-refractivity contribution in [1.82, 2.24) is 0 Å². The van der Waals surface area contributed by atoms with E-state index in [-0.39, 0.29) is 0 Å². The van der Waals surface area contributed by atoms with Crippen LogP contribution in [0.5, 0.6) is 0 Å². The van der Waals surface area contributed by atoms with Gasteiger partial charge in [0.05, 0.1) is 0 Å². The summed E-state index contributed by atoms with van der Waals surface area (Å²) in [5, 5.41) is 0. The minimum Gasteiger partial charge on any atom is -0.348 e.